The van der Waals surface area contributed by atoms with Crippen LogP contribution in [-0.2, 0) is 0 Å². The van der Waals surface area contributed by atoms with Crippen LogP contribution in [0.4, 0.5) is 5.69 Å². The third kappa shape index (κ3) is 4.41. The van der Waals surface area contributed by atoms with E-state index in [0.29, 0.717) is 21.6 Å². The van der Waals surface area contributed by atoms with E-state index in [1.54, 1.807) is 28.9 Å². The van der Waals surface area contributed by atoms with E-state index >= 15 is 0 Å². The smallest absolute Gasteiger partial charge is 0.295 e. The largest absolute Gasteiger partial charge is 0.319 e. The Bertz CT molecular complexity index is 1240. The molecule has 0 saturated heterocycles. The van der Waals surface area contributed by atoms with E-state index in [4.69, 9.17) is 23.2 Å². The quantitative estimate of drug-likeness (QED) is 0.344. The highest BCUT2D eigenvalue weighted by Gasteiger charge is 2.19. The molecule has 1 aromatic heterocycles. The Morgan fingerprint density at radius 1 is 1.00 bits per heavy atom. The van der Waals surface area contributed by atoms with Gasteiger partial charge in [-0.3, -0.25) is 4.79 Å². The Morgan fingerprint density at radius 2 is 1.77 bits per heavy atom. The highest BCUT2D eigenvalue weighted by atomic mass is 79.9. The third-order valence-corrected chi connectivity index (χ3v) is 5.38. The molecule has 0 fully saturated rings. The van der Waals surface area contributed by atoms with Crippen molar-refractivity contribution in [3.8, 4) is 17.1 Å². The number of anilines is 1. The molecule has 4 aromatic rings. The highest BCUT2D eigenvalue weighted by molar-refractivity contribution is 9.10. The van der Waals surface area contributed by atoms with Gasteiger partial charge in [0.05, 0.1) is 5.69 Å². The van der Waals surface area contributed by atoms with Crippen LogP contribution in [-0.4, -0.2) is 20.7 Å². The minimum atomic E-state index is -0.406. The Kier molecular flexibility index (Phi) is 5.90. The lowest BCUT2D eigenvalue weighted by Gasteiger charge is -2.07. The summed E-state index contributed by atoms with van der Waals surface area (Å²) in [4.78, 5) is 17.4. The van der Waals surface area contributed by atoms with Crippen molar-refractivity contribution < 1.29 is 4.79 Å². The SMILES string of the molecule is Cc1cc(Br)ccc1NC(=O)c1nc(-c2cccc(Cl)c2)n(-c2ccc(Cl)cc2)n1. The van der Waals surface area contributed by atoms with Gasteiger partial charge in [0.25, 0.3) is 5.91 Å². The van der Waals surface area contributed by atoms with Crippen LogP contribution in [0.2, 0.25) is 10.0 Å². The van der Waals surface area contributed by atoms with Gasteiger partial charge in [0.1, 0.15) is 0 Å². The minimum absolute atomic E-state index is 0.0437. The van der Waals surface area contributed by atoms with Crippen LogP contribution in [0.15, 0.2) is 71.2 Å². The molecule has 0 aliphatic carbocycles. The van der Waals surface area contributed by atoms with E-state index in [9.17, 15) is 4.79 Å². The molecule has 1 amide bonds. The molecular weight excluding hydrogens is 487 g/mol. The molecule has 0 spiro atoms. The summed E-state index contributed by atoms with van der Waals surface area (Å²) < 4.78 is 2.54. The Labute approximate surface area is 191 Å². The summed E-state index contributed by atoms with van der Waals surface area (Å²) in [5, 5.41) is 8.50. The number of carbonyl (C=O) groups excluding carboxylic acids is 1. The van der Waals surface area contributed by atoms with E-state index in [1.807, 2.05) is 49.4 Å². The second kappa shape index (κ2) is 8.60. The van der Waals surface area contributed by atoms with Gasteiger partial charge in [-0.15, -0.1) is 5.10 Å². The van der Waals surface area contributed by atoms with E-state index in [-0.39, 0.29) is 5.82 Å². The van der Waals surface area contributed by atoms with Gasteiger partial charge in [-0.05, 0) is 67.1 Å². The van der Waals surface area contributed by atoms with Gasteiger partial charge in [-0.2, -0.15) is 0 Å². The predicted octanol–water partition coefficient (Wildman–Crippen LogP) is 6.56. The number of aryl methyl sites for hydroxylation is 1. The molecule has 30 heavy (non-hydrogen) atoms. The van der Waals surface area contributed by atoms with Crippen molar-refractivity contribution in [2.75, 3.05) is 5.32 Å². The topological polar surface area (TPSA) is 59.8 Å². The maximum atomic E-state index is 12.9. The zero-order chi connectivity index (χ0) is 21.3. The fourth-order valence-electron chi connectivity index (χ4n) is 2.93. The number of rotatable bonds is 4. The number of nitrogens with zero attached hydrogens (tertiary/aromatic N) is 3. The fourth-order valence-corrected chi connectivity index (χ4v) is 3.72. The van der Waals surface area contributed by atoms with Crippen LogP contribution >= 0.6 is 39.1 Å². The molecule has 0 unspecified atom stereocenters. The van der Waals surface area contributed by atoms with Gasteiger partial charge in [0.15, 0.2) is 5.82 Å². The average Bonchev–Trinajstić information content (AvgIpc) is 3.16. The van der Waals surface area contributed by atoms with Gasteiger partial charge in [-0.25, -0.2) is 9.67 Å². The van der Waals surface area contributed by atoms with Gasteiger partial charge in [-0.1, -0.05) is 51.3 Å². The summed E-state index contributed by atoms with van der Waals surface area (Å²) in [6, 6.07) is 20.0. The molecule has 150 valence electrons. The van der Waals surface area contributed by atoms with Crippen LogP contribution in [0.3, 0.4) is 0 Å². The van der Waals surface area contributed by atoms with Crippen molar-refractivity contribution in [1.29, 1.82) is 0 Å². The van der Waals surface area contributed by atoms with Crippen LogP contribution < -0.4 is 5.32 Å². The van der Waals surface area contributed by atoms with Gasteiger partial charge in [0.2, 0.25) is 5.82 Å². The molecule has 3 aromatic carbocycles. The number of nitrogens with one attached hydrogen (secondary N) is 1. The highest BCUT2D eigenvalue weighted by Crippen LogP contribution is 2.26. The van der Waals surface area contributed by atoms with Gasteiger partial charge >= 0.3 is 0 Å². The first-order valence-corrected chi connectivity index (χ1v) is 10.5. The minimum Gasteiger partial charge on any atom is -0.319 e. The average molecular weight is 502 g/mol. The van der Waals surface area contributed by atoms with E-state index in [1.165, 1.54) is 0 Å². The maximum Gasteiger partial charge on any atom is 0.295 e. The number of aromatic nitrogens is 3. The molecule has 8 heteroatoms. The fraction of sp³-hybridized carbons (Fsp3) is 0.0455. The third-order valence-electron chi connectivity index (χ3n) is 4.40. The van der Waals surface area contributed by atoms with Crippen LogP contribution in [0.1, 0.15) is 16.2 Å². The number of hydrogen-bond acceptors (Lipinski definition) is 3. The molecule has 0 aliphatic heterocycles. The maximum absolute atomic E-state index is 12.9. The van der Waals surface area contributed by atoms with Crippen LogP contribution in [0.5, 0.6) is 0 Å². The predicted molar refractivity (Wildman–Crippen MR) is 124 cm³/mol. The molecule has 4 rings (SSSR count). The van der Waals surface area contributed by atoms with Crippen LogP contribution in [0.25, 0.3) is 17.1 Å². The van der Waals surface area contributed by atoms with Crippen molar-refractivity contribution >= 4 is 50.7 Å². The monoisotopic (exact) mass is 500 g/mol. The molecule has 0 atom stereocenters. The Hall–Kier alpha value is -2.67. The molecule has 5 nitrogen and oxygen atoms in total. The number of benzene rings is 3. The molecule has 0 saturated carbocycles. The first kappa shape index (κ1) is 20.6. The molecule has 0 aliphatic rings. The molecule has 0 radical (unpaired) electrons. The second-order valence-electron chi connectivity index (χ2n) is 6.57. The first-order chi connectivity index (χ1) is 14.4. The summed E-state index contributed by atoms with van der Waals surface area (Å²) in [6.45, 7) is 1.91. The van der Waals surface area contributed by atoms with Gasteiger partial charge in [0, 0.05) is 25.8 Å². The summed E-state index contributed by atoms with van der Waals surface area (Å²) in [6.07, 6.45) is 0. The van der Waals surface area contributed by atoms with Crippen LogP contribution in [0, 0.1) is 6.92 Å². The number of hydrogen-bond donors (Lipinski definition) is 1. The standard InChI is InChI=1S/C22H15BrCl2N4O/c1-13-11-15(23)5-10-19(13)26-22(30)20-27-21(14-3-2-4-17(25)12-14)29(28-20)18-8-6-16(24)7-9-18/h2-12H,1H3,(H,26,30). The van der Waals surface area contributed by atoms with Crippen molar-refractivity contribution in [3.63, 3.8) is 0 Å². The molecule has 0 bridgehead atoms. The summed E-state index contributed by atoms with van der Waals surface area (Å²) >= 11 is 15.6. The van der Waals surface area contributed by atoms with Crippen molar-refractivity contribution in [1.82, 2.24) is 14.8 Å². The first-order valence-electron chi connectivity index (χ1n) is 8.97. The summed E-state index contributed by atoms with van der Waals surface area (Å²) in [5.41, 5.74) is 3.07. The van der Waals surface area contributed by atoms with Gasteiger partial charge < -0.3 is 5.32 Å². The van der Waals surface area contributed by atoms with E-state index in [0.717, 1.165) is 21.3 Å². The summed E-state index contributed by atoms with van der Waals surface area (Å²) in [7, 11) is 0. The van der Waals surface area contributed by atoms with E-state index in [2.05, 4.69) is 31.3 Å². The normalized spacial score (nSPS) is 10.8. The lowest BCUT2D eigenvalue weighted by molar-refractivity contribution is 0.101. The van der Waals surface area contributed by atoms with E-state index < -0.39 is 5.91 Å². The Morgan fingerprint density at radius 3 is 2.47 bits per heavy atom. The van der Waals surface area contributed by atoms with Crippen molar-refractivity contribution in [2.45, 2.75) is 6.92 Å². The van der Waals surface area contributed by atoms with Crippen molar-refractivity contribution in [2.24, 2.45) is 0 Å². The zero-order valence-corrected chi connectivity index (χ0v) is 18.8. The lowest BCUT2D eigenvalue weighted by atomic mass is 10.2. The molecule has 1 heterocycles. The number of halogens is 3. The summed E-state index contributed by atoms with van der Waals surface area (Å²) in [5.74, 6) is 0.135. The zero-order valence-electron chi connectivity index (χ0n) is 15.7. The number of carbonyl (C=O) groups is 1. The Balaban J connectivity index is 1.76. The lowest BCUT2D eigenvalue weighted by Crippen LogP contribution is -2.15. The number of amides is 1. The molecular formula is C22H15BrCl2N4O. The second-order valence-corrected chi connectivity index (χ2v) is 8.36. The molecule has 1 N–H and O–H groups in total. The van der Waals surface area contributed by atoms with Crippen molar-refractivity contribution in [3.05, 3.63) is 92.6 Å².